The molecule has 2 rings (SSSR count). The van der Waals surface area contributed by atoms with E-state index in [1.165, 1.54) is 37.6 Å². The van der Waals surface area contributed by atoms with Gasteiger partial charge >= 0.3 is 10.1 Å². The van der Waals surface area contributed by atoms with E-state index in [0.717, 1.165) is 5.56 Å². The molecule has 0 saturated carbocycles. The van der Waals surface area contributed by atoms with Gasteiger partial charge in [0.25, 0.3) is 0 Å². The zero-order valence-electron chi connectivity index (χ0n) is 16.2. The summed E-state index contributed by atoms with van der Waals surface area (Å²) >= 11 is 5.92. The van der Waals surface area contributed by atoms with Gasteiger partial charge in [0.05, 0.1) is 13.7 Å². The van der Waals surface area contributed by atoms with E-state index in [1.54, 1.807) is 19.1 Å². The number of guanidine groups is 1. The molecule has 30 heavy (non-hydrogen) atoms. The number of methoxy groups -OCH3 is 1. The lowest BCUT2D eigenvalue weighted by Crippen LogP contribution is -2.21. The molecule has 0 radical (unpaired) electrons. The Balaban J connectivity index is 0.00000450. The van der Waals surface area contributed by atoms with Crippen molar-refractivity contribution in [2.45, 2.75) is 18.2 Å². The third kappa shape index (κ3) is 7.62. The number of nitrogens with two attached hydrogens (primary N) is 2. The molecule has 0 aliphatic rings. The molecule has 9 nitrogen and oxygen atoms in total. The van der Waals surface area contributed by atoms with Gasteiger partial charge in [-0.2, -0.15) is 13.5 Å². The Morgan fingerprint density at radius 2 is 1.87 bits per heavy atom. The van der Waals surface area contributed by atoms with Gasteiger partial charge in [0, 0.05) is 23.7 Å². The summed E-state index contributed by atoms with van der Waals surface area (Å²) in [5, 5.41) is 7.35. The van der Waals surface area contributed by atoms with Crippen LogP contribution < -0.4 is 25.1 Å². The maximum absolute atomic E-state index is 12.7. The van der Waals surface area contributed by atoms with E-state index in [2.05, 4.69) is 10.2 Å². The van der Waals surface area contributed by atoms with Gasteiger partial charge in [0.1, 0.15) is 22.1 Å². The number of hydrogen-bond donors (Lipinski definition) is 2. The summed E-state index contributed by atoms with van der Waals surface area (Å²) in [7, 11) is -2.82. The van der Waals surface area contributed by atoms with Crippen molar-refractivity contribution in [3.63, 3.8) is 0 Å². The first-order valence-corrected chi connectivity index (χ1v) is 10.1. The quantitative estimate of drug-likeness (QED) is 0.186. The molecular formula is C18H22Cl2N4O5S. The second-order valence-corrected chi connectivity index (χ2v) is 7.73. The van der Waals surface area contributed by atoms with Gasteiger partial charge in [-0.1, -0.05) is 11.6 Å². The van der Waals surface area contributed by atoms with Crippen LogP contribution in [0.5, 0.6) is 17.2 Å². The molecular weight excluding hydrogens is 455 g/mol. The van der Waals surface area contributed by atoms with Crippen molar-refractivity contribution in [3.05, 3.63) is 47.0 Å². The van der Waals surface area contributed by atoms with E-state index in [0.29, 0.717) is 12.2 Å². The fourth-order valence-electron chi connectivity index (χ4n) is 2.26. The van der Waals surface area contributed by atoms with Crippen LogP contribution in [0.2, 0.25) is 5.02 Å². The first-order valence-electron chi connectivity index (χ1n) is 8.34. The van der Waals surface area contributed by atoms with Gasteiger partial charge in [0.15, 0.2) is 0 Å². The normalized spacial score (nSPS) is 10.9. The highest BCUT2D eigenvalue weighted by molar-refractivity contribution is 7.87. The van der Waals surface area contributed by atoms with Gasteiger partial charge in [0.2, 0.25) is 5.96 Å². The zero-order chi connectivity index (χ0) is 21.4. The van der Waals surface area contributed by atoms with Crippen molar-refractivity contribution in [3.8, 4) is 17.2 Å². The first-order chi connectivity index (χ1) is 13.7. The van der Waals surface area contributed by atoms with E-state index >= 15 is 0 Å². The lowest BCUT2D eigenvalue weighted by molar-refractivity contribution is 0.329. The summed E-state index contributed by atoms with van der Waals surface area (Å²) in [5.74, 6) is 0.512. The number of nitrogens with zero attached hydrogens (tertiary/aromatic N) is 2. The molecule has 0 fully saturated rings. The Bertz CT molecular complexity index is 1030. The van der Waals surface area contributed by atoms with Crippen LogP contribution in [0, 0.1) is 6.92 Å². The Hall–Kier alpha value is -2.69. The molecule has 2 aromatic rings. The van der Waals surface area contributed by atoms with Crippen LogP contribution in [-0.2, 0) is 10.1 Å². The van der Waals surface area contributed by atoms with E-state index < -0.39 is 10.1 Å². The summed E-state index contributed by atoms with van der Waals surface area (Å²) in [6.07, 6.45) is 1.93. The molecule has 2 aromatic carbocycles. The summed E-state index contributed by atoms with van der Waals surface area (Å²) in [4.78, 5) is -0.174. The molecule has 0 aliphatic heterocycles. The van der Waals surface area contributed by atoms with Crippen LogP contribution in [0.4, 0.5) is 0 Å². The number of hydrogen-bond acceptors (Lipinski definition) is 7. The molecule has 0 heterocycles. The van der Waals surface area contributed by atoms with Crippen molar-refractivity contribution in [2.24, 2.45) is 21.7 Å². The van der Waals surface area contributed by atoms with Crippen molar-refractivity contribution in [1.82, 2.24) is 0 Å². The monoisotopic (exact) mass is 476 g/mol. The molecule has 0 aromatic heterocycles. The van der Waals surface area contributed by atoms with Crippen molar-refractivity contribution in [1.29, 1.82) is 0 Å². The maximum Gasteiger partial charge on any atom is 0.342 e. The van der Waals surface area contributed by atoms with Crippen LogP contribution >= 0.6 is 24.0 Å². The van der Waals surface area contributed by atoms with Crippen molar-refractivity contribution >= 4 is 46.3 Å². The van der Waals surface area contributed by atoms with Crippen molar-refractivity contribution in [2.75, 3.05) is 13.7 Å². The molecule has 0 aliphatic carbocycles. The van der Waals surface area contributed by atoms with E-state index in [-0.39, 0.29) is 46.4 Å². The second-order valence-electron chi connectivity index (χ2n) is 5.77. The minimum atomic E-state index is -4.18. The van der Waals surface area contributed by atoms with Crippen LogP contribution in [-0.4, -0.2) is 34.3 Å². The van der Waals surface area contributed by atoms with Crippen LogP contribution in [0.1, 0.15) is 12.0 Å². The average Bonchev–Trinajstić information content (AvgIpc) is 2.63. The maximum atomic E-state index is 12.7. The van der Waals surface area contributed by atoms with Gasteiger partial charge in [-0.05, 0) is 42.8 Å². The molecule has 0 amide bonds. The Kier molecular flexibility index (Phi) is 9.70. The van der Waals surface area contributed by atoms with Gasteiger partial charge in [-0.15, -0.1) is 17.5 Å². The van der Waals surface area contributed by atoms with Crippen molar-refractivity contribution < 1.29 is 22.1 Å². The van der Waals surface area contributed by atoms with Crippen LogP contribution in [0.25, 0.3) is 0 Å². The molecule has 0 saturated heterocycles. The number of ether oxygens (including phenoxy) is 2. The van der Waals surface area contributed by atoms with E-state index in [1.807, 2.05) is 0 Å². The Labute approximate surface area is 186 Å². The fraction of sp³-hybridized carbons (Fsp3) is 0.222. The molecule has 0 spiro atoms. The minimum absolute atomic E-state index is 0. The zero-order valence-corrected chi connectivity index (χ0v) is 18.6. The minimum Gasteiger partial charge on any atom is -0.495 e. The highest BCUT2D eigenvalue weighted by Gasteiger charge is 2.23. The highest BCUT2D eigenvalue weighted by Crippen LogP contribution is 2.31. The van der Waals surface area contributed by atoms with Gasteiger partial charge < -0.3 is 25.1 Å². The third-order valence-corrected chi connectivity index (χ3v) is 4.90. The molecule has 0 bridgehead atoms. The largest absolute Gasteiger partial charge is 0.495 e. The molecule has 4 N–H and O–H groups in total. The molecule has 12 heteroatoms. The summed E-state index contributed by atoms with van der Waals surface area (Å²) < 4.78 is 41.3. The first kappa shape index (κ1) is 25.3. The van der Waals surface area contributed by atoms with Crippen LogP contribution in [0.15, 0.2) is 51.5 Å². The van der Waals surface area contributed by atoms with Gasteiger partial charge in [-0.3, -0.25) is 0 Å². The third-order valence-electron chi connectivity index (χ3n) is 3.40. The van der Waals surface area contributed by atoms with Crippen LogP contribution in [0.3, 0.4) is 0 Å². The average molecular weight is 477 g/mol. The molecule has 164 valence electrons. The predicted octanol–water partition coefficient (Wildman–Crippen LogP) is 2.87. The Morgan fingerprint density at radius 3 is 2.53 bits per heavy atom. The van der Waals surface area contributed by atoms with E-state index in [4.69, 9.17) is 36.7 Å². The number of benzene rings is 2. The summed E-state index contributed by atoms with van der Waals surface area (Å²) in [5.41, 5.74) is 11.1. The lowest BCUT2D eigenvalue weighted by Gasteiger charge is -2.13. The SMILES string of the molecule is COc1ccc(Cl)cc1S(=O)(=O)Oc1cc(C)cc(OCC/C=N\N=C(N)N)c1.Cl. The van der Waals surface area contributed by atoms with E-state index in [9.17, 15) is 8.42 Å². The predicted molar refractivity (Wildman–Crippen MR) is 119 cm³/mol. The Morgan fingerprint density at radius 1 is 1.17 bits per heavy atom. The standard InChI is InChI=1S/C18H21ClN4O5S.ClH/c1-12-8-14(27-7-3-6-22-23-18(20)21)11-15(9-12)28-29(24,25)17-10-13(19)4-5-16(17)26-2;/h4-6,8-11H,3,7H2,1-2H3,(H4,20,21,23);1H/b22-6-;. The number of aryl methyl sites for hydroxylation is 1. The number of halogens is 2. The smallest absolute Gasteiger partial charge is 0.342 e. The summed E-state index contributed by atoms with van der Waals surface area (Å²) in [6.45, 7) is 2.06. The summed E-state index contributed by atoms with van der Waals surface area (Å²) in [6, 6.07) is 9.02. The second kappa shape index (κ2) is 11.5. The fourth-order valence-corrected chi connectivity index (χ4v) is 3.60. The highest BCUT2D eigenvalue weighted by atomic mass is 35.5. The number of rotatable bonds is 9. The topological polar surface area (TPSA) is 139 Å². The van der Waals surface area contributed by atoms with Gasteiger partial charge in [-0.25, -0.2) is 0 Å². The molecule has 0 unspecified atom stereocenters. The molecule has 0 atom stereocenters. The lowest BCUT2D eigenvalue weighted by atomic mass is 10.2.